The molecule has 0 N–H and O–H groups in total. The second kappa shape index (κ2) is 6.72. The number of ketones is 1. The highest BCUT2D eigenvalue weighted by atomic mass is 79.9. The molecule has 1 aromatic heterocycles. The molecular formula is C13H11BrCl2N2O2. The molecule has 0 amide bonds. The first kappa shape index (κ1) is 15.5. The smallest absolute Gasteiger partial charge is 0.215 e. The molecule has 1 aromatic carbocycles. The Morgan fingerprint density at radius 1 is 1.40 bits per heavy atom. The number of rotatable bonds is 5. The first-order valence-corrected chi connectivity index (χ1v) is 7.30. The van der Waals surface area contributed by atoms with Crippen molar-refractivity contribution in [1.29, 1.82) is 0 Å². The lowest BCUT2D eigenvalue weighted by Gasteiger charge is -2.09. The summed E-state index contributed by atoms with van der Waals surface area (Å²) in [6, 6.07) is 4.95. The first-order valence-electron chi connectivity index (χ1n) is 5.75. The van der Waals surface area contributed by atoms with Gasteiger partial charge in [0.05, 0.1) is 39.4 Å². The van der Waals surface area contributed by atoms with Crippen LogP contribution in [0.15, 0.2) is 28.9 Å². The Morgan fingerprint density at radius 2 is 2.05 bits per heavy atom. The van der Waals surface area contributed by atoms with Crippen LogP contribution in [0.5, 0.6) is 0 Å². The molecule has 106 valence electrons. The summed E-state index contributed by atoms with van der Waals surface area (Å²) in [7, 11) is 1.59. The third-order valence-corrected chi connectivity index (χ3v) is 3.92. The Kier molecular flexibility index (Phi) is 5.21. The fourth-order valence-electron chi connectivity index (χ4n) is 1.77. The van der Waals surface area contributed by atoms with Gasteiger partial charge < -0.3 is 4.74 Å². The van der Waals surface area contributed by atoms with Crippen molar-refractivity contribution in [3.05, 3.63) is 50.2 Å². The number of aromatic nitrogens is 2. The number of carbonyl (C=O) groups excluding carboxylic acids is 1. The van der Waals surface area contributed by atoms with Crippen LogP contribution in [0.1, 0.15) is 16.1 Å². The van der Waals surface area contributed by atoms with Crippen LogP contribution in [0.25, 0.3) is 0 Å². The maximum Gasteiger partial charge on any atom is 0.215 e. The molecule has 2 aromatic rings. The summed E-state index contributed by atoms with van der Waals surface area (Å²) in [5.41, 5.74) is 0.674. The second-order valence-corrected chi connectivity index (χ2v) is 5.65. The number of ether oxygens (including phenoxy) is 1. The summed E-state index contributed by atoms with van der Waals surface area (Å²) in [6.07, 6.45) is 1.56. The van der Waals surface area contributed by atoms with Crippen LogP contribution in [0, 0.1) is 0 Å². The molecule has 20 heavy (non-hydrogen) atoms. The molecule has 7 heteroatoms. The maximum absolute atomic E-state index is 12.7. The molecule has 0 unspecified atom stereocenters. The number of halogens is 3. The van der Waals surface area contributed by atoms with E-state index in [0.717, 1.165) is 0 Å². The van der Waals surface area contributed by atoms with Gasteiger partial charge in [0, 0.05) is 7.11 Å². The molecule has 2 rings (SSSR count). The summed E-state index contributed by atoms with van der Waals surface area (Å²) in [4.78, 5) is 12.7. The molecule has 0 radical (unpaired) electrons. The van der Waals surface area contributed by atoms with E-state index in [2.05, 4.69) is 21.0 Å². The summed E-state index contributed by atoms with van der Waals surface area (Å²) < 4.78 is 7.16. The lowest BCUT2D eigenvalue weighted by molar-refractivity contribution is 0.102. The molecule has 0 saturated heterocycles. The highest BCUT2D eigenvalue weighted by Crippen LogP contribution is 2.29. The molecule has 0 aliphatic heterocycles. The van der Waals surface area contributed by atoms with E-state index in [1.54, 1.807) is 36.2 Å². The van der Waals surface area contributed by atoms with Gasteiger partial charge in [-0.1, -0.05) is 29.3 Å². The van der Waals surface area contributed by atoms with Crippen molar-refractivity contribution < 1.29 is 9.53 Å². The van der Waals surface area contributed by atoms with E-state index >= 15 is 0 Å². The van der Waals surface area contributed by atoms with Crippen molar-refractivity contribution in [2.75, 3.05) is 13.7 Å². The Bertz CT molecular complexity index is 623. The first-order chi connectivity index (χ1) is 9.56. The molecule has 0 aliphatic carbocycles. The number of benzene rings is 1. The highest BCUT2D eigenvalue weighted by molar-refractivity contribution is 9.10. The van der Waals surface area contributed by atoms with Gasteiger partial charge >= 0.3 is 0 Å². The van der Waals surface area contributed by atoms with E-state index in [4.69, 9.17) is 27.9 Å². The third kappa shape index (κ3) is 3.06. The van der Waals surface area contributed by atoms with E-state index in [1.165, 1.54) is 0 Å². The molecule has 1 heterocycles. The van der Waals surface area contributed by atoms with Gasteiger partial charge in [0.25, 0.3) is 0 Å². The zero-order valence-electron chi connectivity index (χ0n) is 10.6. The quantitative estimate of drug-likeness (QED) is 0.743. The van der Waals surface area contributed by atoms with Gasteiger partial charge in [0.2, 0.25) is 5.78 Å². The minimum Gasteiger partial charge on any atom is -0.383 e. The second-order valence-electron chi connectivity index (χ2n) is 3.98. The standard InChI is InChI=1S/C13H11BrCl2N2O2/c1-20-6-5-18-12(8(14)7-17-18)13(19)11-9(15)3-2-4-10(11)16/h2-4,7H,5-6H2,1H3. The van der Waals surface area contributed by atoms with Gasteiger partial charge in [-0.3, -0.25) is 9.48 Å². The Balaban J connectivity index is 2.46. The zero-order valence-corrected chi connectivity index (χ0v) is 13.7. The topological polar surface area (TPSA) is 44.1 Å². The van der Waals surface area contributed by atoms with Gasteiger partial charge in [-0.05, 0) is 28.1 Å². The average Bonchev–Trinajstić information content (AvgIpc) is 2.77. The number of nitrogens with zero attached hydrogens (tertiary/aromatic N) is 2. The van der Waals surface area contributed by atoms with E-state index in [9.17, 15) is 4.79 Å². The lowest BCUT2D eigenvalue weighted by atomic mass is 10.1. The number of hydrogen-bond donors (Lipinski definition) is 0. The van der Waals surface area contributed by atoms with Crippen LogP contribution in [0.4, 0.5) is 0 Å². The van der Waals surface area contributed by atoms with Crippen molar-refractivity contribution >= 4 is 44.9 Å². The van der Waals surface area contributed by atoms with Gasteiger partial charge in [-0.15, -0.1) is 0 Å². The van der Waals surface area contributed by atoms with Gasteiger partial charge in [-0.25, -0.2) is 0 Å². The Labute approximate surface area is 134 Å². The predicted molar refractivity (Wildman–Crippen MR) is 81.7 cm³/mol. The molecule has 0 saturated carbocycles. The predicted octanol–water partition coefficient (Wildman–Crippen LogP) is 3.83. The molecule has 0 fully saturated rings. The number of carbonyl (C=O) groups is 1. The largest absolute Gasteiger partial charge is 0.383 e. The van der Waals surface area contributed by atoms with Gasteiger partial charge in [0.15, 0.2) is 0 Å². The van der Waals surface area contributed by atoms with Crippen LogP contribution in [0.2, 0.25) is 10.0 Å². The molecule has 0 spiro atoms. The van der Waals surface area contributed by atoms with Crippen LogP contribution < -0.4 is 0 Å². The van der Waals surface area contributed by atoms with Crippen molar-refractivity contribution in [2.45, 2.75) is 6.54 Å². The number of hydrogen-bond acceptors (Lipinski definition) is 3. The van der Waals surface area contributed by atoms with Gasteiger partial charge in [-0.2, -0.15) is 5.10 Å². The van der Waals surface area contributed by atoms with E-state index in [-0.39, 0.29) is 11.3 Å². The summed E-state index contributed by atoms with van der Waals surface area (Å²) in [5.74, 6) is -0.277. The Hall–Kier alpha value is -0.880. The summed E-state index contributed by atoms with van der Waals surface area (Å²) in [6.45, 7) is 0.913. The third-order valence-electron chi connectivity index (χ3n) is 2.71. The summed E-state index contributed by atoms with van der Waals surface area (Å²) >= 11 is 15.5. The lowest BCUT2D eigenvalue weighted by Crippen LogP contribution is -2.15. The highest BCUT2D eigenvalue weighted by Gasteiger charge is 2.23. The monoisotopic (exact) mass is 376 g/mol. The normalized spacial score (nSPS) is 10.8. The molecular weight excluding hydrogens is 367 g/mol. The van der Waals surface area contributed by atoms with Crippen LogP contribution >= 0.6 is 39.1 Å². The fraction of sp³-hybridized carbons (Fsp3) is 0.231. The van der Waals surface area contributed by atoms with E-state index in [1.807, 2.05) is 0 Å². The minimum atomic E-state index is -0.277. The minimum absolute atomic E-state index is 0.274. The molecule has 0 bridgehead atoms. The Morgan fingerprint density at radius 3 is 2.65 bits per heavy atom. The molecule has 0 aliphatic rings. The van der Waals surface area contributed by atoms with Crippen LogP contribution in [-0.2, 0) is 11.3 Å². The summed E-state index contributed by atoms with van der Waals surface area (Å²) in [5, 5.41) is 4.77. The van der Waals surface area contributed by atoms with E-state index < -0.39 is 0 Å². The van der Waals surface area contributed by atoms with E-state index in [0.29, 0.717) is 33.4 Å². The zero-order chi connectivity index (χ0) is 14.7. The molecule has 0 atom stereocenters. The van der Waals surface area contributed by atoms with Crippen molar-refractivity contribution in [1.82, 2.24) is 9.78 Å². The van der Waals surface area contributed by atoms with Crippen molar-refractivity contribution in [3.63, 3.8) is 0 Å². The molecule has 4 nitrogen and oxygen atoms in total. The maximum atomic E-state index is 12.7. The fourth-order valence-corrected chi connectivity index (χ4v) is 2.81. The van der Waals surface area contributed by atoms with Gasteiger partial charge in [0.1, 0.15) is 5.69 Å². The van der Waals surface area contributed by atoms with Crippen LogP contribution in [0.3, 0.4) is 0 Å². The van der Waals surface area contributed by atoms with Crippen molar-refractivity contribution in [3.8, 4) is 0 Å². The van der Waals surface area contributed by atoms with Crippen molar-refractivity contribution in [2.24, 2.45) is 0 Å². The SMILES string of the molecule is COCCn1ncc(Br)c1C(=O)c1c(Cl)cccc1Cl. The van der Waals surface area contributed by atoms with Crippen LogP contribution in [-0.4, -0.2) is 29.3 Å². The average molecular weight is 378 g/mol. The number of methoxy groups -OCH3 is 1.